The lowest BCUT2D eigenvalue weighted by molar-refractivity contribution is -0.711. The summed E-state index contributed by atoms with van der Waals surface area (Å²) in [5.74, 6) is 0.112. The minimum atomic E-state index is -0.873. The number of benzene rings is 1. The van der Waals surface area contributed by atoms with Crippen molar-refractivity contribution in [2.24, 2.45) is 0 Å². The molecule has 1 fully saturated rings. The molecule has 1 N–H and O–H groups in total. The van der Waals surface area contributed by atoms with Gasteiger partial charge in [0.15, 0.2) is 0 Å². The van der Waals surface area contributed by atoms with Crippen LogP contribution in [0.1, 0.15) is 50.6 Å². The van der Waals surface area contributed by atoms with Gasteiger partial charge in [-0.25, -0.2) is 9.48 Å². The average molecular weight is 399 g/mol. The van der Waals surface area contributed by atoms with Crippen LogP contribution >= 0.6 is 0 Å². The Kier molecular flexibility index (Phi) is 5.15. The summed E-state index contributed by atoms with van der Waals surface area (Å²) in [4.78, 5) is 32.6. The number of aromatic nitrogens is 3. The molecule has 4 rings (SSSR count). The van der Waals surface area contributed by atoms with Gasteiger partial charge >= 0.3 is 5.97 Å². The van der Waals surface area contributed by atoms with Crippen molar-refractivity contribution in [3.05, 3.63) is 57.5 Å². The highest BCUT2D eigenvalue weighted by molar-refractivity contribution is 5.92. The maximum Gasteiger partial charge on any atom is 0.338 e. The summed E-state index contributed by atoms with van der Waals surface area (Å²) < 4.78 is 7.37. The predicted molar refractivity (Wildman–Crippen MR) is 102 cm³/mol. The van der Waals surface area contributed by atoms with Gasteiger partial charge in [-0.2, -0.15) is 10.1 Å². The Labute approximate surface area is 166 Å². The van der Waals surface area contributed by atoms with Crippen LogP contribution in [-0.4, -0.2) is 31.9 Å². The maximum atomic E-state index is 13.1. The van der Waals surface area contributed by atoms with Gasteiger partial charge in [0.25, 0.3) is 5.09 Å². The second kappa shape index (κ2) is 7.90. The lowest BCUT2D eigenvalue weighted by Crippen LogP contribution is -2.32. The van der Waals surface area contributed by atoms with Crippen LogP contribution < -0.4 is 10.2 Å². The van der Waals surface area contributed by atoms with Gasteiger partial charge < -0.3 is 10.1 Å². The van der Waals surface area contributed by atoms with E-state index in [0.29, 0.717) is 22.8 Å². The maximum absolute atomic E-state index is 13.1. The van der Waals surface area contributed by atoms with E-state index in [0.717, 1.165) is 32.1 Å². The van der Waals surface area contributed by atoms with Gasteiger partial charge in [-0.05, 0) is 50.3 Å². The standard InChI is InChI=1S/C19H21N5O5/c1-12-16(18(25)28-14-7-3-2-4-8-14)17(23-19(22-12)20-11-21-23)13-6-5-9-15(10-13)29-24(26)27/h5-6,9-11,14,17H,2-4,7-8H2,1H3,(H,20,21,22)/t17-/m0/s1. The van der Waals surface area contributed by atoms with Crippen molar-refractivity contribution in [3.8, 4) is 5.75 Å². The van der Waals surface area contributed by atoms with E-state index in [1.165, 1.54) is 18.5 Å². The van der Waals surface area contributed by atoms with Crippen molar-refractivity contribution in [3.63, 3.8) is 0 Å². The van der Waals surface area contributed by atoms with E-state index in [1.54, 1.807) is 23.7 Å². The molecule has 1 aliphatic heterocycles. The molecule has 0 unspecified atom stereocenters. The van der Waals surface area contributed by atoms with Crippen LogP contribution in [0.3, 0.4) is 0 Å². The molecule has 1 aliphatic carbocycles. The zero-order valence-corrected chi connectivity index (χ0v) is 15.9. The molecule has 1 atom stereocenters. The second-order valence-corrected chi connectivity index (χ2v) is 7.15. The third-order valence-electron chi connectivity index (χ3n) is 5.19. The predicted octanol–water partition coefficient (Wildman–Crippen LogP) is 3.01. The van der Waals surface area contributed by atoms with Gasteiger partial charge in [-0.3, -0.25) is 4.84 Å². The summed E-state index contributed by atoms with van der Waals surface area (Å²) in [5.41, 5.74) is 1.61. The number of carbonyl (C=O) groups is 1. The van der Waals surface area contributed by atoms with E-state index in [2.05, 4.69) is 20.2 Å². The van der Waals surface area contributed by atoms with Crippen molar-refractivity contribution in [2.45, 2.75) is 51.2 Å². The van der Waals surface area contributed by atoms with E-state index in [1.807, 2.05) is 0 Å². The smallest absolute Gasteiger partial charge is 0.338 e. The molecular formula is C19H21N5O5. The van der Waals surface area contributed by atoms with Crippen LogP contribution in [-0.2, 0) is 9.53 Å². The molecule has 2 heterocycles. The first-order valence-corrected chi connectivity index (χ1v) is 9.53. The highest BCUT2D eigenvalue weighted by atomic mass is 17.0. The molecule has 0 radical (unpaired) electrons. The van der Waals surface area contributed by atoms with Gasteiger partial charge in [-0.1, -0.05) is 18.6 Å². The number of ether oxygens (including phenoxy) is 1. The van der Waals surface area contributed by atoms with Gasteiger partial charge in [0.1, 0.15) is 24.2 Å². The number of rotatable bonds is 5. The summed E-state index contributed by atoms with van der Waals surface area (Å²) in [6.07, 6.45) is 6.25. The third kappa shape index (κ3) is 3.91. The van der Waals surface area contributed by atoms with Crippen LogP contribution in [0.15, 0.2) is 41.9 Å². The summed E-state index contributed by atoms with van der Waals surface area (Å²) in [7, 11) is 0. The molecule has 1 aromatic carbocycles. The Balaban J connectivity index is 1.70. The minimum Gasteiger partial charge on any atom is -0.459 e. The van der Waals surface area contributed by atoms with Gasteiger partial charge in [-0.15, -0.1) is 10.1 Å². The number of allylic oxidation sites excluding steroid dienone is 1. The Morgan fingerprint density at radius 3 is 2.86 bits per heavy atom. The van der Waals surface area contributed by atoms with Gasteiger partial charge in [0.05, 0.1) is 5.57 Å². The van der Waals surface area contributed by atoms with Crippen LogP contribution in [0.4, 0.5) is 5.95 Å². The summed E-state index contributed by atoms with van der Waals surface area (Å²) in [6.45, 7) is 1.78. The first kappa shape index (κ1) is 18.9. The Bertz CT molecular complexity index is 963. The highest BCUT2D eigenvalue weighted by Crippen LogP contribution is 2.37. The molecule has 2 aliphatic rings. The number of anilines is 1. The fourth-order valence-corrected chi connectivity index (χ4v) is 3.89. The van der Waals surface area contributed by atoms with Crippen molar-refractivity contribution in [1.29, 1.82) is 0 Å². The van der Waals surface area contributed by atoms with E-state index in [-0.39, 0.29) is 11.9 Å². The number of carbonyl (C=O) groups excluding carboxylic acids is 1. The average Bonchev–Trinajstić information content (AvgIpc) is 3.15. The minimum absolute atomic E-state index is 0.0605. The van der Waals surface area contributed by atoms with Crippen LogP contribution in [0.2, 0.25) is 0 Å². The molecule has 0 spiro atoms. The Hall–Kier alpha value is -3.43. The summed E-state index contributed by atoms with van der Waals surface area (Å²) in [6, 6.07) is 5.75. The van der Waals surface area contributed by atoms with Crippen LogP contribution in [0.5, 0.6) is 5.75 Å². The first-order valence-electron chi connectivity index (χ1n) is 9.53. The van der Waals surface area contributed by atoms with E-state index < -0.39 is 17.1 Å². The molecule has 0 amide bonds. The molecule has 0 saturated heterocycles. The highest BCUT2D eigenvalue weighted by Gasteiger charge is 2.35. The van der Waals surface area contributed by atoms with Gasteiger partial charge in [0, 0.05) is 5.70 Å². The topological polar surface area (TPSA) is 121 Å². The molecule has 2 aromatic rings. The molecule has 1 aromatic heterocycles. The molecular weight excluding hydrogens is 378 g/mol. The largest absolute Gasteiger partial charge is 0.459 e. The van der Waals surface area contributed by atoms with Crippen LogP contribution in [0, 0.1) is 10.1 Å². The van der Waals surface area contributed by atoms with E-state index in [9.17, 15) is 14.9 Å². The fraction of sp³-hybridized carbons (Fsp3) is 0.421. The van der Waals surface area contributed by atoms with Crippen LogP contribution in [0.25, 0.3) is 0 Å². The number of esters is 1. The molecule has 0 bridgehead atoms. The fourth-order valence-electron chi connectivity index (χ4n) is 3.89. The normalized spacial score (nSPS) is 19.3. The number of hydrogen-bond acceptors (Lipinski definition) is 8. The van der Waals surface area contributed by atoms with E-state index in [4.69, 9.17) is 4.74 Å². The second-order valence-electron chi connectivity index (χ2n) is 7.15. The monoisotopic (exact) mass is 399 g/mol. The SMILES string of the molecule is CC1=C(C(=O)OC2CCCCC2)[C@H](c2cccc(O[N+](=O)[O-])c2)n2ncnc2N1. The quantitative estimate of drug-likeness (QED) is 0.463. The zero-order chi connectivity index (χ0) is 20.4. The number of nitrogens with zero attached hydrogens (tertiary/aromatic N) is 4. The Morgan fingerprint density at radius 1 is 1.31 bits per heavy atom. The number of nitrogens with one attached hydrogen (secondary N) is 1. The number of hydrogen-bond donors (Lipinski definition) is 1. The first-order chi connectivity index (χ1) is 14.0. The molecule has 10 heteroatoms. The van der Waals surface area contributed by atoms with Crippen molar-refractivity contribution in [2.75, 3.05) is 5.32 Å². The molecule has 29 heavy (non-hydrogen) atoms. The lowest BCUT2D eigenvalue weighted by atomic mass is 9.94. The lowest BCUT2D eigenvalue weighted by Gasteiger charge is -2.30. The van der Waals surface area contributed by atoms with Crippen molar-refractivity contribution in [1.82, 2.24) is 14.8 Å². The van der Waals surface area contributed by atoms with Gasteiger partial charge in [0.2, 0.25) is 5.95 Å². The molecule has 10 nitrogen and oxygen atoms in total. The Morgan fingerprint density at radius 2 is 2.10 bits per heavy atom. The van der Waals surface area contributed by atoms with Crippen molar-refractivity contribution >= 4 is 11.9 Å². The van der Waals surface area contributed by atoms with E-state index >= 15 is 0 Å². The summed E-state index contributed by atoms with van der Waals surface area (Å²) in [5, 5.41) is 17.2. The van der Waals surface area contributed by atoms with Crippen molar-refractivity contribution < 1.29 is 19.5 Å². The molecule has 152 valence electrons. The molecule has 1 saturated carbocycles. The zero-order valence-electron chi connectivity index (χ0n) is 15.9. The number of fused-ring (bicyclic) bond motifs is 1. The third-order valence-corrected chi connectivity index (χ3v) is 5.19. The summed E-state index contributed by atoms with van der Waals surface area (Å²) >= 11 is 0.